The van der Waals surface area contributed by atoms with Crippen molar-refractivity contribution in [1.29, 1.82) is 0 Å². The average Bonchev–Trinajstić information content (AvgIpc) is 3.06. The van der Waals surface area contributed by atoms with E-state index in [0.717, 1.165) is 23.1 Å². The summed E-state index contributed by atoms with van der Waals surface area (Å²) in [6, 6.07) is 5.08. The summed E-state index contributed by atoms with van der Waals surface area (Å²) in [4.78, 5) is 24.1. The second-order valence-corrected chi connectivity index (χ2v) is 9.70. The van der Waals surface area contributed by atoms with E-state index in [0.29, 0.717) is 27.4 Å². The number of amides is 1. The molecule has 2 heterocycles. The third-order valence-corrected chi connectivity index (χ3v) is 7.27. The zero-order chi connectivity index (χ0) is 20.5. The van der Waals surface area contributed by atoms with E-state index < -0.39 is 5.25 Å². The van der Waals surface area contributed by atoms with Crippen molar-refractivity contribution >= 4 is 62.3 Å². The number of aromatic nitrogens is 2. The minimum atomic E-state index is -0.426. The number of thioether (sulfide) groups is 1. The summed E-state index contributed by atoms with van der Waals surface area (Å²) in [6.07, 6.45) is 4.51. The van der Waals surface area contributed by atoms with Gasteiger partial charge in [0.1, 0.15) is 16.4 Å². The number of halogens is 1. The van der Waals surface area contributed by atoms with Crippen molar-refractivity contribution in [3.63, 3.8) is 0 Å². The van der Waals surface area contributed by atoms with Crippen LogP contribution in [0.1, 0.15) is 30.2 Å². The molecule has 0 saturated carbocycles. The second-order valence-electron chi connectivity index (χ2n) is 6.88. The average molecular weight is 449 g/mol. The molecule has 0 bridgehead atoms. The number of hydrogen-bond donors (Lipinski definition) is 2. The summed E-state index contributed by atoms with van der Waals surface area (Å²) in [5.41, 5.74) is 8.10. The number of fused-ring (bicyclic) bond motifs is 3. The van der Waals surface area contributed by atoms with Crippen LogP contribution in [0.25, 0.3) is 10.2 Å². The van der Waals surface area contributed by atoms with Crippen LogP contribution in [0.15, 0.2) is 23.4 Å². The third kappa shape index (κ3) is 4.15. The molecule has 1 unspecified atom stereocenters. The number of nitrogen functional groups attached to an aromatic ring is 1. The van der Waals surface area contributed by atoms with Crippen LogP contribution in [-0.2, 0) is 17.6 Å². The molecule has 1 amide bonds. The summed E-state index contributed by atoms with van der Waals surface area (Å²) < 4.78 is 5.28. The van der Waals surface area contributed by atoms with Crippen LogP contribution in [0.5, 0.6) is 5.75 Å². The molecule has 9 heteroatoms. The number of nitrogens with one attached hydrogen (secondary N) is 1. The maximum atomic E-state index is 12.7. The lowest BCUT2D eigenvalue weighted by Crippen LogP contribution is -2.23. The van der Waals surface area contributed by atoms with E-state index in [1.807, 2.05) is 0 Å². The predicted molar refractivity (Wildman–Crippen MR) is 120 cm³/mol. The SMILES string of the molecule is COc1ccc(Cl)cc1NC(=O)C(C)Sc1nc(N)c2c3c(sc2n1)CCCC3. The Morgan fingerprint density at radius 2 is 2.14 bits per heavy atom. The van der Waals surface area contributed by atoms with Crippen LogP contribution >= 0.6 is 34.7 Å². The van der Waals surface area contributed by atoms with Gasteiger partial charge in [-0.1, -0.05) is 23.4 Å². The van der Waals surface area contributed by atoms with Gasteiger partial charge in [-0.05, 0) is 56.4 Å². The van der Waals surface area contributed by atoms with Gasteiger partial charge in [0.15, 0.2) is 5.16 Å². The van der Waals surface area contributed by atoms with Crippen LogP contribution in [0.4, 0.5) is 11.5 Å². The number of ether oxygens (including phenoxy) is 1. The van der Waals surface area contributed by atoms with Crippen molar-refractivity contribution in [2.24, 2.45) is 0 Å². The molecule has 0 fully saturated rings. The summed E-state index contributed by atoms with van der Waals surface area (Å²) in [7, 11) is 1.55. The summed E-state index contributed by atoms with van der Waals surface area (Å²) in [6.45, 7) is 1.81. The lowest BCUT2D eigenvalue weighted by atomic mass is 9.97. The Bertz CT molecular complexity index is 1090. The maximum absolute atomic E-state index is 12.7. The fourth-order valence-electron chi connectivity index (χ4n) is 3.44. The molecule has 0 spiro atoms. The van der Waals surface area contributed by atoms with E-state index >= 15 is 0 Å². The number of nitrogens with zero attached hydrogens (tertiary/aromatic N) is 2. The monoisotopic (exact) mass is 448 g/mol. The van der Waals surface area contributed by atoms with Gasteiger partial charge >= 0.3 is 0 Å². The van der Waals surface area contributed by atoms with Gasteiger partial charge in [-0.25, -0.2) is 9.97 Å². The van der Waals surface area contributed by atoms with E-state index in [9.17, 15) is 4.79 Å². The van der Waals surface area contributed by atoms with Gasteiger partial charge in [-0.3, -0.25) is 4.79 Å². The first-order chi connectivity index (χ1) is 14.0. The fraction of sp³-hybridized carbons (Fsp3) is 0.350. The Kier molecular flexibility index (Phi) is 5.85. The number of methoxy groups -OCH3 is 1. The second kappa shape index (κ2) is 8.38. The van der Waals surface area contributed by atoms with Crippen LogP contribution in [0, 0.1) is 0 Å². The quantitative estimate of drug-likeness (QED) is 0.424. The molecule has 1 aromatic carbocycles. The molecule has 3 N–H and O–H groups in total. The molecule has 4 rings (SSSR count). The van der Waals surface area contributed by atoms with Crippen LogP contribution in [-0.4, -0.2) is 28.2 Å². The van der Waals surface area contributed by atoms with Crippen molar-refractivity contribution in [2.75, 3.05) is 18.2 Å². The van der Waals surface area contributed by atoms with Crippen molar-refractivity contribution in [1.82, 2.24) is 9.97 Å². The maximum Gasteiger partial charge on any atom is 0.237 e. The number of carbonyl (C=O) groups is 1. The summed E-state index contributed by atoms with van der Waals surface area (Å²) in [5.74, 6) is 0.857. The molecule has 1 aliphatic rings. The number of nitrogens with two attached hydrogens (primary N) is 1. The highest BCUT2D eigenvalue weighted by Gasteiger charge is 2.22. The highest BCUT2D eigenvalue weighted by atomic mass is 35.5. The smallest absolute Gasteiger partial charge is 0.237 e. The summed E-state index contributed by atoms with van der Waals surface area (Å²) >= 11 is 9.02. The number of benzene rings is 1. The lowest BCUT2D eigenvalue weighted by Gasteiger charge is -2.14. The molecule has 0 radical (unpaired) electrons. The van der Waals surface area contributed by atoms with E-state index in [-0.39, 0.29) is 5.91 Å². The van der Waals surface area contributed by atoms with Gasteiger partial charge in [-0.2, -0.15) is 0 Å². The van der Waals surface area contributed by atoms with E-state index in [2.05, 4.69) is 15.3 Å². The van der Waals surface area contributed by atoms with Crippen LogP contribution in [0.3, 0.4) is 0 Å². The first kappa shape index (κ1) is 20.3. The molecule has 29 heavy (non-hydrogen) atoms. The van der Waals surface area contributed by atoms with Crippen LogP contribution in [0.2, 0.25) is 5.02 Å². The predicted octanol–water partition coefficient (Wildman–Crippen LogP) is 4.93. The number of anilines is 2. The van der Waals surface area contributed by atoms with Crippen molar-refractivity contribution in [3.05, 3.63) is 33.7 Å². The van der Waals surface area contributed by atoms with E-state index in [4.69, 9.17) is 22.1 Å². The number of hydrogen-bond acceptors (Lipinski definition) is 7. The molecular formula is C20H21ClN4O2S2. The lowest BCUT2D eigenvalue weighted by molar-refractivity contribution is -0.115. The molecule has 1 atom stereocenters. The molecule has 2 aromatic heterocycles. The molecular weight excluding hydrogens is 428 g/mol. The highest BCUT2D eigenvalue weighted by molar-refractivity contribution is 8.00. The van der Waals surface area contributed by atoms with Gasteiger partial charge < -0.3 is 15.8 Å². The standard InChI is InChI=1S/C20H21ClN4O2S2/c1-10(18(26)23-13-9-11(21)7-8-14(13)27-2)28-20-24-17(22)16-12-5-3-4-6-15(12)29-19(16)25-20/h7-10H,3-6H2,1-2H3,(H,23,26)(H2,22,24,25). The van der Waals surface area contributed by atoms with E-state index in [1.54, 1.807) is 43.6 Å². The highest BCUT2D eigenvalue weighted by Crippen LogP contribution is 2.39. The molecule has 1 aliphatic carbocycles. The molecule has 152 valence electrons. The van der Waals surface area contributed by atoms with Crippen LogP contribution < -0.4 is 15.8 Å². The van der Waals surface area contributed by atoms with Gasteiger partial charge in [-0.15, -0.1) is 11.3 Å². The zero-order valence-electron chi connectivity index (χ0n) is 16.1. The molecule has 3 aromatic rings. The van der Waals surface area contributed by atoms with Gasteiger partial charge in [0, 0.05) is 9.90 Å². The molecule has 6 nitrogen and oxygen atoms in total. The van der Waals surface area contributed by atoms with Crippen molar-refractivity contribution in [2.45, 2.75) is 43.0 Å². The number of carbonyl (C=O) groups excluding carboxylic acids is 1. The Balaban J connectivity index is 1.53. The van der Waals surface area contributed by atoms with Gasteiger partial charge in [0.05, 0.1) is 23.4 Å². The normalized spacial score (nSPS) is 14.4. The minimum absolute atomic E-state index is 0.191. The van der Waals surface area contributed by atoms with Gasteiger partial charge in [0.25, 0.3) is 0 Å². The molecule has 0 saturated heterocycles. The topological polar surface area (TPSA) is 90.1 Å². The Labute approximate surface area is 182 Å². The number of rotatable bonds is 5. The minimum Gasteiger partial charge on any atom is -0.495 e. The van der Waals surface area contributed by atoms with Crippen molar-refractivity contribution in [3.8, 4) is 5.75 Å². The number of thiophene rings is 1. The fourth-order valence-corrected chi connectivity index (χ4v) is 5.72. The Morgan fingerprint density at radius 3 is 2.93 bits per heavy atom. The summed E-state index contributed by atoms with van der Waals surface area (Å²) in [5, 5.41) is 4.46. The zero-order valence-corrected chi connectivity index (χ0v) is 18.5. The first-order valence-electron chi connectivity index (χ1n) is 9.35. The Morgan fingerprint density at radius 1 is 1.34 bits per heavy atom. The third-order valence-electron chi connectivity index (χ3n) is 4.89. The number of aryl methyl sites for hydroxylation is 2. The van der Waals surface area contributed by atoms with Crippen molar-refractivity contribution < 1.29 is 9.53 Å². The Hall–Kier alpha value is -2.03. The van der Waals surface area contributed by atoms with E-state index in [1.165, 1.54) is 35.0 Å². The van der Waals surface area contributed by atoms with Gasteiger partial charge in [0.2, 0.25) is 5.91 Å². The first-order valence-corrected chi connectivity index (χ1v) is 11.4. The largest absolute Gasteiger partial charge is 0.495 e. The molecule has 0 aliphatic heterocycles.